The predicted octanol–water partition coefficient (Wildman–Crippen LogP) is 4.75. The minimum absolute atomic E-state index is 0.0617. The number of aromatic nitrogens is 1. The molecule has 2 fully saturated rings. The number of aliphatic hydroxyl groups excluding tert-OH is 1. The molecule has 2 aromatic carbocycles. The lowest BCUT2D eigenvalue weighted by Gasteiger charge is -2.25. The van der Waals surface area contributed by atoms with Crippen LogP contribution in [0, 0.1) is 5.82 Å². The van der Waals surface area contributed by atoms with E-state index in [9.17, 15) is 23.5 Å². The minimum atomic E-state index is -3.76. The van der Waals surface area contributed by atoms with Crippen LogP contribution in [0.2, 0.25) is 0 Å². The van der Waals surface area contributed by atoms with Gasteiger partial charge in [0.25, 0.3) is 0 Å². The van der Waals surface area contributed by atoms with Crippen molar-refractivity contribution < 1.29 is 46.8 Å². The molecule has 1 saturated heterocycles. The molecule has 0 spiro atoms. The zero-order valence-electron chi connectivity index (χ0n) is 21.3. The zero-order valence-corrected chi connectivity index (χ0v) is 21.3. The van der Waals surface area contributed by atoms with Gasteiger partial charge in [-0.1, -0.05) is 19.9 Å². The van der Waals surface area contributed by atoms with E-state index < -0.39 is 35.2 Å². The van der Waals surface area contributed by atoms with Crippen LogP contribution in [0.4, 0.5) is 18.0 Å². The third kappa shape index (κ3) is 4.38. The lowest BCUT2D eigenvalue weighted by atomic mass is 9.87. The maximum atomic E-state index is 15.5. The van der Waals surface area contributed by atoms with Crippen LogP contribution in [0.15, 0.2) is 36.4 Å². The van der Waals surface area contributed by atoms with Gasteiger partial charge in [0.05, 0.1) is 24.1 Å². The van der Waals surface area contributed by atoms with E-state index in [4.69, 9.17) is 9.47 Å². The predicted molar refractivity (Wildman–Crippen MR) is 130 cm³/mol. The lowest BCUT2D eigenvalue weighted by Crippen LogP contribution is -2.29. The van der Waals surface area contributed by atoms with Crippen LogP contribution < -0.4 is 9.47 Å². The van der Waals surface area contributed by atoms with Gasteiger partial charge in [-0.05, 0) is 54.3 Å². The van der Waals surface area contributed by atoms with Gasteiger partial charge in [0, 0.05) is 22.9 Å². The SMILES string of the molecule is CC(C)(CO)c1cc2cc(CC(=O)C3(c4ccc5c(c4)OC(F)(F)O5)CC3)c(F)cc2n1C[C@@H]1COC(=O)O1. The number of ether oxygens (including phenoxy) is 4. The van der Waals surface area contributed by atoms with Crippen LogP contribution in [0.5, 0.6) is 11.5 Å². The molecule has 6 rings (SSSR count). The molecule has 206 valence electrons. The van der Waals surface area contributed by atoms with Crippen molar-refractivity contribution in [3.63, 3.8) is 0 Å². The molecule has 1 atom stereocenters. The molecule has 1 aromatic heterocycles. The third-order valence-corrected chi connectivity index (χ3v) is 7.78. The number of alkyl halides is 2. The van der Waals surface area contributed by atoms with Crippen molar-refractivity contribution in [1.82, 2.24) is 4.57 Å². The van der Waals surface area contributed by atoms with E-state index in [1.54, 1.807) is 16.7 Å². The number of rotatable bonds is 8. The Morgan fingerprint density at radius 2 is 1.87 bits per heavy atom. The number of benzene rings is 2. The van der Waals surface area contributed by atoms with Crippen LogP contribution in [-0.2, 0) is 38.1 Å². The summed E-state index contributed by atoms with van der Waals surface area (Å²) in [5.41, 5.74) is 0.374. The molecule has 3 heterocycles. The standard InChI is InChI=1S/C28H26F3NO7/c1-26(2,14-33)23-8-16-7-15(19(29)11-20(16)32(23)12-18-13-36-25(35)37-18)9-24(34)27(5-6-27)17-3-4-21-22(10-17)39-28(30,31)38-21/h3-4,7-8,10-11,18,33H,5-6,9,12-14H2,1-2H3/t18-/m1/s1. The van der Waals surface area contributed by atoms with Crippen LogP contribution >= 0.6 is 0 Å². The smallest absolute Gasteiger partial charge is 0.430 e. The van der Waals surface area contributed by atoms with Crippen LogP contribution in [0.3, 0.4) is 0 Å². The average Bonchev–Trinajstić information content (AvgIpc) is 3.34. The summed E-state index contributed by atoms with van der Waals surface area (Å²) >= 11 is 0. The summed E-state index contributed by atoms with van der Waals surface area (Å²) in [6.07, 6.45) is -4.26. The van der Waals surface area contributed by atoms with Gasteiger partial charge in [0.2, 0.25) is 0 Å². The first kappa shape index (κ1) is 25.5. The first-order chi connectivity index (χ1) is 18.4. The summed E-state index contributed by atoms with van der Waals surface area (Å²) in [6.45, 7) is 3.77. The van der Waals surface area contributed by atoms with Gasteiger partial charge < -0.3 is 28.6 Å². The fourth-order valence-corrected chi connectivity index (χ4v) is 5.41. The van der Waals surface area contributed by atoms with E-state index in [1.165, 1.54) is 18.2 Å². The molecule has 11 heteroatoms. The molecule has 39 heavy (non-hydrogen) atoms. The largest absolute Gasteiger partial charge is 0.586 e. The quantitative estimate of drug-likeness (QED) is 0.408. The van der Waals surface area contributed by atoms with Gasteiger partial charge in [-0.2, -0.15) is 0 Å². The number of aliphatic hydroxyl groups is 1. The molecule has 1 aliphatic carbocycles. The number of hydrogen-bond acceptors (Lipinski definition) is 7. The van der Waals surface area contributed by atoms with Crippen molar-refractivity contribution in [2.75, 3.05) is 13.2 Å². The van der Waals surface area contributed by atoms with Crippen LogP contribution in [-0.4, -0.2) is 47.2 Å². The van der Waals surface area contributed by atoms with Gasteiger partial charge in [-0.15, -0.1) is 8.78 Å². The first-order valence-corrected chi connectivity index (χ1v) is 12.6. The maximum Gasteiger partial charge on any atom is 0.586 e. The maximum absolute atomic E-state index is 15.5. The Balaban J connectivity index is 1.31. The Bertz CT molecular complexity index is 1510. The Morgan fingerprint density at radius 3 is 2.54 bits per heavy atom. The van der Waals surface area contributed by atoms with E-state index in [1.807, 2.05) is 19.9 Å². The summed E-state index contributed by atoms with van der Waals surface area (Å²) in [5.74, 6) is -1.04. The number of nitrogens with zero attached hydrogens (tertiary/aromatic N) is 1. The van der Waals surface area contributed by atoms with Crippen molar-refractivity contribution in [2.45, 2.75) is 62.9 Å². The second kappa shape index (κ2) is 8.64. The zero-order chi connectivity index (χ0) is 27.7. The number of halogens is 3. The van der Waals surface area contributed by atoms with E-state index >= 15 is 4.39 Å². The number of fused-ring (bicyclic) bond motifs is 2. The first-order valence-electron chi connectivity index (χ1n) is 12.6. The molecular formula is C28H26F3NO7. The van der Waals surface area contributed by atoms with Crippen molar-refractivity contribution in [1.29, 1.82) is 0 Å². The number of Topliss-reactive ketones (excluding diaryl/α,β-unsaturated/α-hetero) is 1. The van der Waals surface area contributed by atoms with Crippen molar-refractivity contribution in [3.05, 3.63) is 59.0 Å². The average molecular weight is 546 g/mol. The van der Waals surface area contributed by atoms with Crippen LogP contribution in [0.1, 0.15) is 43.5 Å². The monoisotopic (exact) mass is 545 g/mol. The Labute approximate surface area is 221 Å². The molecule has 0 bridgehead atoms. The fraction of sp³-hybridized carbons (Fsp3) is 0.429. The van der Waals surface area contributed by atoms with Crippen molar-refractivity contribution in [3.8, 4) is 11.5 Å². The molecule has 3 aromatic rings. The highest BCUT2D eigenvalue weighted by atomic mass is 19.3. The molecule has 1 saturated carbocycles. The molecule has 0 unspecified atom stereocenters. The molecule has 2 aliphatic heterocycles. The summed E-state index contributed by atoms with van der Waals surface area (Å²) in [6, 6.07) is 9.10. The number of hydrogen-bond donors (Lipinski definition) is 1. The lowest BCUT2D eigenvalue weighted by molar-refractivity contribution is -0.286. The van der Waals surface area contributed by atoms with Crippen molar-refractivity contribution >= 4 is 22.8 Å². The molecular weight excluding hydrogens is 519 g/mol. The molecule has 0 radical (unpaired) electrons. The Morgan fingerprint density at radius 1 is 1.13 bits per heavy atom. The molecule has 0 amide bonds. The fourth-order valence-electron chi connectivity index (χ4n) is 5.41. The van der Waals surface area contributed by atoms with Crippen molar-refractivity contribution in [2.24, 2.45) is 0 Å². The highest BCUT2D eigenvalue weighted by Crippen LogP contribution is 2.52. The number of carbonyl (C=O) groups is 2. The van der Waals surface area contributed by atoms with E-state index in [2.05, 4.69) is 9.47 Å². The minimum Gasteiger partial charge on any atom is -0.430 e. The third-order valence-electron chi connectivity index (χ3n) is 7.78. The Kier molecular flexibility index (Phi) is 5.66. The molecule has 8 nitrogen and oxygen atoms in total. The van der Waals surface area contributed by atoms with E-state index in [0.717, 1.165) is 0 Å². The molecule has 1 N–H and O–H groups in total. The van der Waals surface area contributed by atoms with Gasteiger partial charge in [0.15, 0.2) is 17.6 Å². The summed E-state index contributed by atoms with van der Waals surface area (Å²) in [4.78, 5) is 24.9. The van der Waals surface area contributed by atoms with Gasteiger partial charge in [-0.25, -0.2) is 9.18 Å². The van der Waals surface area contributed by atoms with E-state index in [0.29, 0.717) is 35.0 Å². The highest BCUT2D eigenvalue weighted by molar-refractivity contribution is 5.95. The summed E-state index contributed by atoms with van der Waals surface area (Å²) in [5, 5.41) is 10.7. The molecule has 3 aliphatic rings. The Hall–Kier alpha value is -3.73. The van der Waals surface area contributed by atoms with Crippen LogP contribution in [0.25, 0.3) is 10.9 Å². The number of ketones is 1. The van der Waals surface area contributed by atoms with Gasteiger partial charge in [-0.3, -0.25) is 4.79 Å². The summed E-state index contributed by atoms with van der Waals surface area (Å²) < 4.78 is 63.2. The number of carbonyl (C=O) groups excluding carboxylic acids is 2. The summed E-state index contributed by atoms with van der Waals surface area (Å²) in [7, 11) is 0. The van der Waals surface area contributed by atoms with Gasteiger partial charge >= 0.3 is 12.5 Å². The topological polar surface area (TPSA) is 96.2 Å². The second-order valence-corrected chi connectivity index (χ2v) is 11.0. The highest BCUT2D eigenvalue weighted by Gasteiger charge is 2.52. The normalized spacial score (nSPS) is 20.7. The second-order valence-electron chi connectivity index (χ2n) is 11.0. The number of cyclic esters (lactones) is 2. The van der Waals surface area contributed by atoms with E-state index in [-0.39, 0.29) is 49.0 Å². The van der Waals surface area contributed by atoms with Gasteiger partial charge in [0.1, 0.15) is 18.2 Å².